The van der Waals surface area contributed by atoms with Crippen LogP contribution in [0.5, 0.6) is 5.75 Å². The molecule has 1 aliphatic rings. The topological polar surface area (TPSA) is 67.5 Å². The van der Waals surface area contributed by atoms with Gasteiger partial charge >= 0.3 is 0 Å². The standard InChI is InChI=1S/C29H31N3O3/c1-20(2)28-30-25-11-10-24(18-26(25)31-28)29(33)32-12-13-34-14-15-35-27-9-4-3-8-23(27)17-21-6-5-7-22(16-21)19-32/h3-11,16,18,20H,12-15,17,19H2,1-2H3,(H,30,31). The van der Waals surface area contributed by atoms with E-state index in [0.29, 0.717) is 44.4 Å². The molecule has 1 aromatic heterocycles. The molecule has 0 fully saturated rings. The average molecular weight is 470 g/mol. The molecule has 0 spiro atoms. The molecule has 0 saturated carbocycles. The molecule has 0 radical (unpaired) electrons. The molecule has 0 aliphatic carbocycles. The molecule has 35 heavy (non-hydrogen) atoms. The number of amides is 1. The molecule has 0 saturated heterocycles. The average Bonchev–Trinajstić information content (AvgIpc) is 3.30. The van der Waals surface area contributed by atoms with E-state index in [4.69, 9.17) is 9.47 Å². The number of benzene rings is 3. The summed E-state index contributed by atoms with van der Waals surface area (Å²) in [6.07, 6.45) is 0.771. The first-order valence-corrected chi connectivity index (χ1v) is 12.2. The van der Waals surface area contributed by atoms with Gasteiger partial charge < -0.3 is 19.4 Å². The van der Waals surface area contributed by atoms with Crippen molar-refractivity contribution in [3.63, 3.8) is 0 Å². The van der Waals surface area contributed by atoms with Gasteiger partial charge in [-0.2, -0.15) is 0 Å². The third kappa shape index (κ3) is 5.38. The minimum Gasteiger partial charge on any atom is -0.491 e. The first kappa shape index (κ1) is 23.1. The molecule has 6 heteroatoms. The fourth-order valence-corrected chi connectivity index (χ4v) is 4.43. The highest BCUT2D eigenvalue weighted by molar-refractivity contribution is 5.97. The first-order valence-electron chi connectivity index (χ1n) is 12.2. The second-order valence-corrected chi connectivity index (χ2v) is 9.30. The Balaban J connectivity index is 1.42. The molecule has 1 aliphatic heterocycles. The van der Waals surface area contributed by atoms with E-state index in [1.54, 1.807) is 0 Å². The lowest BCUT2D eigenvalue weighted by molar-refractivity contribution is 0.0571. The van der Waals surface area contributed by atoms with E-state index in [1.165, 1.54) is 5.56 Å². The van der Waals surface area contributed by atoms with Gasteiger partial charge in [0.2, 0.25) is 0 Å². The summed E-state index contributed by atoms with van der Waals surface area (Å²) >= 11 is 0. The quantitative estimate of drug-likeness (QED) is 0.431. The fraction of sp³-hybridized carbons (Fsp3) is 0.310. The molecule has 1 amide bonds. The van der Waals surface area contributed by atoms with Gasteiger partial charge in [-0.1, -0.05) is 56.3 Å². The number of para-hydroxylation sites is 1. The number of fused-ring (bicyclic) bond motifs is 4. The van der Waals surface area contributed by atoms with Crippen LogP contribution in [0.25, 0.3) is 11.0 Å². The highest BCUT2D eigenvalue weighted by Gasteiger charge is 2.18. The monoisotopic (exact) mass is 469 g/mol. The van der Waals surface area contributed by atoms with Crippen molar-refractivity contribution < 1.29 is 14.3 Å². The van der Waals surface area contributed by atoms with Crippen LogP contribution in [0.2, 0.25) is 0 Å². The van der Waals surface area contributed by atoms with Crippen molar-refractivity contribution in [2.75, 3.05) is 26.4 Å². The largest absolute Gasteiger partial charge is 0.491 e. The van der Waals surface area contributed by atoms with Gasteiger partial charge in [0.1, 0.15) is 18.2 Å². The van der Waals surface area contributed by atoms with Crippen LogP contribution >= 0.6 is 0 Å². The summed E-state index contributed by atoms with van der Waals surface area (Å²) < 4.78 is 11.8. The van der Waals surface area contributed by atoms with Crippen LogP contribution in [0.4, 0.5) is 0 Å². The third-order valence-electron chi connectivity index (χ3n) is 6.30. The summed E-state index contributed by atoms with van der Waals surface area (Å²) in [4.78, 5) is 23.4. The number of nitrogens with zero attached hydrogens (tertiary/aromatic N) is 2. The molecule has 2 heterocycles. The summed E-state index contributed by atoms with van der Waals surface area (Å²) in [6.45, 7) is 6.61. The van der Waals surface area contributed by atoms with E-state index < -0.39 is 0 Å². The maximum Gasteiger partial charge on any atom is 0.254 e. The molecule has 2 bridgehead atoms. The lowest BCUT2D eigenvalue weighted by atomic mass is 10.0. The Hall–Kier alpha value is -3.64. The van der Waals surface area contributed by atoms with Crippen LogP contribution in [0.15, 0.2) is 66.7 Å². The summed E-state index contributed by atoms with van der Waals surface area (Å²) in [5.41, 5.74) is 5.84. The second-order valence-electron chi connectivity index (χ2n) is 9.30. The Morgan fingerprint density at radius 3 is 2.71 bits per heavy atom. The predicted molar refractivity (Wildman–Crippen MR) is 137 cm³/mol. The van der Waals surface area contributed by atoms with Gasteiger partial charge in [0, 0.05) is 31.0 Å². The Labute approximate surface area is 205 Å². The highest BCUT2D eigenvalue weighted by Crippen LogP contribution is 2.23. The molecule has 5 rings (SSSR count). The van der Waals surface area contributed by atoms with Crippen molar-refractivity contribution in [1.29, 1.82) is 0 Å². The molecule has 3 aromatic carbocycles. The SMILES string of the molecule is CC(C)c1nc2ccc(C(=O)N3CCOCCOc4ccccc4Cc4cccc(c4)C3)cc2[nH]1. The van der Waals surface area contributed by atoms with E-state index in [9.17, 15) is 4.79 Å². The van der Waals surface area contributed by atoms with Crippen LogP contribution < -0.4 is 4.74 Å². The lowest BCUT2D eigenvalue weighted by Crippen LogP contribution is -2.34. The van der Waals surface area contributed by atoms with Crippen molar-refractivity contribution in [3.8, 4) is 5.75 Å². The number of imidazole rings is 1. The normalized spacial score (nSPS) is 14.9. The fourth-order valence-electron chi connectivity index (χ4n) is 4.43. The zero-order chi connectivity index (χ0) is 24.2. The Kier molecular flexibility index (Phi) is 6.82. The van der Waals surface area contributed by atoms with Gasteiger partial charge in [0.25, 0.3) is 5.91 Å². The van der Waals surface area contributed by atoms with Gasteiger partial charge in [-0.3, -0.25) is 4.79 Å². The van der Waals surface area contributed by atoms with E-state index >= 15 is 0 Å². The van der Waals surface area contributed by atoms with E-state index in [2.05, 4.69) is 54.1 Å². The van der Waals surface area contributed by atoms with Crippen molar-refractivity contribution in [2.45, 2.75) is 32.7 Å². The van der Waals surface area contributed by atoms with Crippen LogP contribution in [-0.2, 0) is 17.7 Å². The van der Waals surface area contributed by atoms with E-state index in [0.717, 1.165) is 40.2 Å². The number of aromatic amines is 1. The number of carbonyl (C=O) groups excluding carboxylic acids is 1. The molecular weight excluding hydrogens is 438 g/mol. The lowest BCUT2D eigenvalue weighted by Gasteiger charge is -2.24. The molecule has 6 nitrogen and oxygen atoms in total. The highest BCUT2D eigenvalue weighted by atomic mass is 16.5. The van der Waals surface area contributed by atoms with Crippen molar-refractivity contribution in [3.05, 3.63) is 94.8 Å². The van der Waals surface area contributed by atoms with E-state index in [-0.39, 0.29) is 5.91 Å². The van der Waals surface area contributed by atoms with Gasteiger partial charge in [0.15, 0.2) is 0 Å². The predicted octanol–water partition coefficient (Wildman–Crippen LogP) is 5.33. The zero-order valence-electron chi connectivity index (χ0n) is 20.3. The number of H-pyrrole nitrogens is 1. The summed E-state index contributed by atoms with van der Waals surface area (Å²) in [6, 6.07) is 22.3. The number of rotatable bonds is 2. The summed E-state index contributed by atoms with van der Waals surface area (Å²) in [5.74, 6) is 2.10. The molecule has 180 valence electrons. The number of nitrogens with one attached hydrogen (secondary N) is 1. The van der Waals surface area contributed by atoms with Crippen molar-refractivity contribution in [2.24, 2.45) is 0 Å². The Morgan fingerprint density at radius 2 is 1.83 bits per heavy atom. The number of hydrogen-bond acceptors (Lipinski definition) is 4. The summed E-state index contributed by atoms with van der Waals surface area (Å²) in [5, 5.41) is 0. The van der Waals surface area contributed by atoms with Crippen LogP contribution in [-0.4, -0.2) is 47.1 Å². The number of hydrogen-bond donors (Lipinski definition) is 1. The maximum absolute atomic E-state index is 13.6. The molecular formula is C29H31N3O3. The zero-order valence-corrected chi connectivity index (χ0v) is 20.3. The Bertz CT molecular complexity index is 1330. The van der Waals surface area contributed by atoms with Crippen LogP contribution in [0.3, 0.4) is 0 Å². The van der Waals surface area contributed by atoms with Gasteiger partial charge in [-0.25, -0.2) is 4.98 Å². The summed E-state index contributed by atoms with van der Waals surface area (Å²) in [7, 11) is 0. The smallest absolute Gasteiger partial charge is 0.254 e. The number of ether oxygens (including phenoxy) is 2. The van der Waals surface area contributed by atoms with Crippen molar-refractivity contribution in [1.82, 2.24) is 14.9 Å². The molecule has 4 aromatic rings. The van der Waals surface area contributed by atoms with E-state index in [1.807, 2.05) is 41.3 Å². The van der Waals surface area contributed by atoms with Gasteiger partial charge in [-0.15, -0.1) is 0 Å². The maximum atomic E-state index is 13.6. The van der Waals surface area contributed by atoms with Crippen LogP contribution in [0, 0.1) is 0 Å². The van der Waals surface area contributed by atoms with Crippen LogP contribution in [0.1, 0.15) is 52.6 Å². The minimum atomic E-state index is -0.0183. The molecule has 0 atom stereocenters. The van der Waals surface area contributed by atoms with Crippen molar-refractivity contribution >= 4 is 16.9 Å². The Morgan fingerprint density at radius 1 is 0.971 bits per heavy atom. The molecule has 1 N–H and O–H groups in total. The van der Waals surface area contributed by atoms with Gasteiger partial charge in [0.05, 0.1) is 24.2 Å². The minimum absolute atomic E-state index is 0.0183. The second kappa shape index (κ2) is 10.3. The third-order valence-corrected chi connectivity index (χ3v) is 6.30. The number of aromatic nitrogens is 2. The first-order chi connectivity index (χ1) is 17.1. The molecule has 0 unspecified atom stereocenters. The van der Waals surface area contributed by atoms with Gasteiger partial charge in [-0.05, 0) is 41.0 Å². The number of carbonyl (C=O) groups is 1.